The third-order valence-electron chi connectivity index (χ3n) is 4.16. The van der Waals surface area contributed by atoms with Crippen molar-refractivity contribution in [3.63, 3.8) is 0 Å². The van der Waals surface area contributed by atoms with E-state index in [1.807, 2.05) is 25.1 Å². The molecule has 1 N–H and O–H groups in total. The molecule has 8 heteroatoms. The van der Waals surface area contributed by atoms with E-state index in [0.29, 0.717) is 19.0 Å². The summed E-state index contributed by atoms with van der Waals surface area (Å²) in [5, 5.41) is 12.1. The molecule has 4 rings (SSSR count). The van der Waals surface area contributed by atoms with E-state index in [1.54, 1.807) is 29.3 Å². The molecule has 25 heavy (non-hydrogen) atoms. The summed E-state index contributed by atoms with van der Waals surface area (Å²) in [6.07, 6.45) is 5.22. The maximum atomic E-state index is 12.4. The second-order valence-corrected chi connectivity index (χ2v) is 5.97. The van der Waals surface area contributed by atoms with Crippen molar-refractivity contribution in [3.05, 3.63) is 65.0 Å². The van der Waals surface area contributed by atoms with Crippen LogP contribution in [-0.2, 0) is 4.74 Å². The van der Waals surface area contributed by atoms with Gasteiger partial charge in [-0.25, -0.2) is 9.36 Å². The number of anilines is 1. The lowest BCUT2D eigenvalue weighted by Crippen LogP contribution is -2.37. The fourth-order valence-corrected chi connectivity index (χ4v) is 2.95. The van der Waals surface area contributed by atoms with Gasteiger partial charge in [-0.05, 0) is 31.2 Å². The number of hydrogen-bond donors (Lipinski definition) is 1. The van der Waals surface area contributed by atoms with Gasteiger partial charge in [-0.3, -0.25) is 9.78 Å². The summed E-state index contributed by atoms with van der Waals surface area (Å²) in [5.74, 6) is 0.593. The molecule has 4 heterocycles. The predicted octanol–water partition coefficient (Wildman–Crippen LogP) is 1.18. The molecule has 2 atom stereocenters. The number of aromatic nitrogens is 5. The Balaban J connectivity index is 1.64. The van der Waals surface area contributed by atoms with Crippen LogP contribution in [-0.4, -0.2) is 43.8 Å². The first kappa shape index (κ1) is 15.5. The number of hydrogen-bond acceptors (Lipinski definition) is 6. The Hall–Kier alpha value is -3.00. The third kappa shape index (κ3) is 3.16. The molecule has 0 aliphatic carbocycles. The molecule has 0 radical (unpaired) electrons. The number of pyridine rings is 1. The van der Waals surface area contributed by atoms with Crippen LogP contribution in [0.15, 0.2) is 53.7 Å². The van der Waals surface area contributed by atoms with E-state index in [2.05, 4.69) is 20.5 Å². The van der Waals surface area contributed by atoms with Gasteiger partial charge in [0.1, 0.15) is 6.04 Å². The fourth-order valence-electron chi connectivity index (χ4n) is 2.95. The van der Waals surface area contributed by atoms with Crippen molar-refractivity contribution in [1.82, 2.24) is 24.5 Å². The van der Waals surface area contributed by atoms with Gasteiger partial charge in [0.05, 0.1) is 19.3 Å². The van der Waals surface area contributed by atoms with Crippen LogP contribution in [0.25, 0.3) is 5.82 Å². The van der Waals surface area contributed by atoms with Crippen LogP contribution in [0.5, 0.6) is 0 Å². The summed E-state index contributed by atoms with van der Waals surface area (Å²) in [7, 11) is 0. The minimum absolute atomic E-state index is 0.0557. The zero-order valence-corrected chi connectivity index (χ0v) is 13.7. The van der Waals surface area contributed by atoms with Gasteiger partial charge in [0.2, 0.25) is 0 Å². The van der Waals surface area contributed by atoms with Crippen molar-refractivity contribution in [3.8, 4) is 5.82 Å². The highest BCUT2D eigenvalue weighted by Gasteiger charge is 2.31. The summed E-state index contributed by atoms with van der Waals surface area (Å²) < 4.78 is 8.72. The lowest BCUT2D eigenvalue weighted by molar-refractivity contribution is 0.182. The Bertz CT molecular complexity index is 921. The van der Waals surface area contributed by atoms with Crippen molar-refractivity contribution < 1.29 is 4.74 Å². The molecular formula is C17H18N6O2. The van der Waals surface area contributed by atoms with Crippen LogP contribution in [0.3, 0.4) is 0 Å². The van der Waals surface area contributed by atoms with E-state index in [9.17, 15) is 4.79 Å². The molecule has 1 fully saturated rings. The lowest BCUT2D eigenvalue weighted by Gasteiger charge is -2.21. The van der Waals surface area contributed by atoms with Crippen LogP contribution < -0.4 is 10.9 Å². The molecule has 2 unspecified atom stereocenters. The van der Waals surface area contributed by atoms with Gasteiger partial charge >= 0.3 is 0 Å². The largest absolute Gasteiger partial charge is 0.378 e. The summed E-state index contributed by atoms with van der Waals surface area (Å²) in [6, 6.07) is 8.60. The van der Waals surface area contributed by atoms with Gasteiger partial charge in [-0.15, -0.1) is 5.10 Å². The molecule has 0 saturated carbocycles. The number of nitrogens with zero attached hydrogens (tertiary/aromatic N) is 5. The monoisotopic (exact) mass is 338 g/mol. The Morgan fingerprint density at radius 2 is 2.16 bits per heavy atom. The van der Waals surface area contributed by atoms with Crippen molar-refractivity contribution in [2.24, 2.45) is 0 Å². The SMILES string of the molecule is Cc1cc(NC2COCC2n2nc(-n3cccn3)ccc2=O)ccn1. The molecule has 0 amide bonds. The van der Waals surface area contributed by atoms with Gasteiger partial charge in [0.15, 0.2) is 5.82 Å². The predicted molar refractivity (Wildman–Crippen MR) is 91.9 cm³/mol. The standard InChI is InChI=1S/C17H18N6O2/c1-12-9-13(5-7-18-12)20-14-10-25-11-15(14)23-17(24)4-3-16(21-23)22-8-2-6-19-22/h2-9,14-15H,10-11H2,1H3,(H,18,20). The van der Waals surface area contributed by atoms with Crippen molar-refractivity contribution in [2.75, 3.05) is 18.5 Å². The average Bonchev–Trinajstić information content (AvgIpc) is 3.27. The maximum Gasteiger partial charge on any atom is 0.267 e. The zero-order chi connectivity index (χ0) is 17.2. The Morgan fingerprint density at radius 3 is 2.96 bits per heavy atom. The number of rotatable bonds is 4. The number of ether oxygens (including phenoxy) is 1. The van der Waals surface area contributed by atoms with Crippen molar-refractivity contribution in [1.29, 1.82) is 0 Å². The van der Waals surface area contributed by atoms with E-state index in [-0.39, 0.29) is 17.6 Å². The smallest absolute Gasteiger partial charge is 0.267 e. The Morgan fingerprint density at radius 1 is 1.24 bits per heavy atom. The van der Waals surface area contributed by atoms with Crippen LogP contribution in [0.2, 0.25) is 0 Å². The van der Waals surface area contributed by atoms with Gasteiger partial charge in [-0.1, -0.05) is 0 Å². The molecule has 3 aromatic rings. The second kappa shape index (κ2) is 6.48. The van der Waals surface area contributed by atoms with E-state index in [4.69, 9.17) is 4.74 Å². The van der Waals surface area contributed by atoms with E-state index in [1.165, 1.54) is 10.7 Å². The Labute approximate surface area is 144 Å². The highest BCUT2D eigenvalue weighted by Crippen LogP contribution is 2.22. The second-order valence-electron chi connectivity index (χ2n) is 5.97. The molecule has 0 aromatic carbocycles. The summed E-state index contributed by atoms with van der Waals surface area (Å²) in [6.45, 7) is 2.87. The topological polar surface area (TPSA) is 86.9 Å². The van der Waals surface area contributed by atoms with Crippen LogP contribution in [0.1, 0.15) is 11.7 Å². The zero-order valence-electron chi connectivity index (χ0n) is 13.7. The lowest BCUT2D eigenvalue weighted by atomic mass is 10.1. The molecule has 3 aromatic heterocycles. The molecular weight excluding hydrogens is 320 g/mol. The molecule has 1 aliphatic rings. The minimum atomic E-state index is -0.198. The molecule has 8 nitrogen and oxygen atoms in total. The Kier molecular flexibility index (Phi) is 4.02. The first-order valence-corrected chi connectivity index (χ1v) is 8.07. The molecule has 1 saturated heterocycles. The molecule has 128 valence electrons. The first-order chi connectivity index (χ1) is 12.2. The van der Waals surface area contributed by atoms with E-state index in [0.717, 1.165) is 11.4 Å². The van der Waals surface area contributed by atoms with Gasteiger partial charge < -0.3 is 10.1 Å². The third-order valence-corrected chi connectivity index (χ3v) is 4.16. The van der Waals surface area contributed by atoms with E-state index >= 15 is 0 Å². The average molecular weight is 338 g/mol. The highest BCUT2D eigenvalue weighted by molar-refractivity contribution is 5.44. The van der Waals surface area contributed by atoms with Gasteiger partial charge in [0, 0.05) is 36.0 Å². The molecule has 0 spiro atoms. The summed E-state index contributed by atoms with van der Waals surface area (Å²) >= 11 is 0. The fraction of sp³-hybridized carbons (Fsp3) is 0.294. The maximum absolute atomic E-state index is 12.4. The van der Waals surface area contributed by atoms with Crippen LogP contribution >= 0.6 is 0 Å². The molecule has 0 bridgehead atoms. The number of aryl methyl sites for hydroxylation is 1. The van der Waals surface area contributed by atoms with Crippen LogP contribution in [0, 0.1) is 6.92 Å². The highest BCUT2D eigenvalue weighted by atomic mass is 16.5. The number of nitrogens with one attached hydrogen (secondary N) is 1. The van der Waals surface area contributed by atoms with Crippen LogP contribution in [0.4, 0.5) is 5.69 Å². The van der Waals surface area contributed by atoms with Crippen molar-refractivity contribution >= 4 is 5.69 Å². The first-order valence-electron chi connectivity index (χ1n) is 8.07. The normalized spacial score (nSPS) is 19.9. The summed E-state index contributed by atoms with van der Waals surface area (Å²) in [5.41, 5.74) is 1.71. The molecule has 1 aliphatic heterocycles. The summed E-state index contributed by atoms with van der Waals surface area (Å²) in [4.78, 5) is 16.6. The van der Waals surface area contributed by atoms with Crippen molar-refractivity contribution in [2.45, 2.75) is 19.0 Å². The van der Waals surface area contributed by atoms with Gasteiger partial charge in [-0.2, -0.15) is 5.10 Å². The quantitative estimate of drug-likeness (QED) is 0.769. The van der Waals surface area contributed by atoms with Gasteiger partial charge in [0.25, 0.3) is 5.56 Å². The minimum Gasteiger partial charge on any atom is -0.378 e. The van der Waals surface area contributed by atoms with E-state index < -0.39 is 0 Å².